The van der Waals surface area contributed by atoms with Crippen molar-refractivity contribution in [1.29, 1.82) is 0 Å². The number of likely N-dealkylation sites (tertiary alicyclic amines) is 1. The molecule has 30 heavy (non-hydrogen) atoms. The summed E-state index contributed by atoms with van der Waals surface area (Å²) in [5, 5.41) is 2.96. The first-order chi connectivity index (χ1) is 14.2. The molecule has 2 heterocycles. The van der Waals surface area contributed by atoms with E-state index in [1.807, 2.05) is 0 Å². The Morgan fingerprint density at radius 1 is 1.27 bits per heavy atom. The molecule has 1 amide bonds. The van der Waals surface area contributed by atoms with Crippen LogP contribution in [-0.2, 0) is 16.0 Å². The summed E-state index contributed by atoms with van der Waals surface area (Å²) < 4.78 is 24.6. The summed E-state index contributed by atoms with van der Waals surface area (Å²) in [6.07, 6.45) is 1.61. The molecule has 0 spiro atoms. The van der Waals surface area contributed by atoms with E-state index in [0.717, 1.165) is 36.5 Å². The largest absolute Gasteiger partial charge is 0.464 e. The molecule has 7 nitrogen and oxygen atoms in total. The van der Waals surface area contributed by atoms with Crippen molar-refractivity contribution >= 4 is 28.4 Å². The number of hydrogen-bond acceptors (Lipinski definition) is 7. The van der Waals surface area contributed by atoms with E-state index in [9.17, 15) is 14.0 Å². The molecule has 0 unspecified atom stereocenters. The first kappa shape index (κ1) is 22.2. The van der Waals surface area contributed by atoms with Gasteiger partial charge in [0.25, 0.3) is 0 Å². The number of nitrogens with zero attached hydrogens (tertiary/aromatic N) is 2. The number of thiazole rings is 1. The summed E-state index contributed by atoms with van der Waals surface area (Å²) in [5.41, 5.74) is 0.440. The number of hydrogen-bond donors (Lipinski definition) is 1. The number of carbonyl (C=O) groups excluding carboxylic acids is 2. The lowest BCUT2D eigenvalue weighted by Crippen LogP contribution is -2.27. The van der Waals surface area contributed by atoms with Crippen molar-refractivity contribution in [3.8, 4) is 10.6 Å². The third kappa shape index (κ3) is 5.54. The van der Waals surface area contributed by atoms with Gasteiger partial charge >= 0.3 is 12.1 Å². The standard InChI is InChI=1S/C21H26FN3O4S/c1-21(2,3)29-20(27)24-18-16(19(26)28-4)23-17(30-18)14-11-13(7-8-15(14)22)12-25-9-5-6-10-25/h7-8,11H,5-6,9-10,12H2,1-4H3,(H,24,27). The Balaban J connectivity index is 1.90. The molecule has 1 N–H and O–H groups in total. The Morgan fingerprint density at radius 3 is 2.60 bits per heavy atom. The van der Waals surface area contributed by atoms with E-state index >= 15 is 0 Å². The number of amides is 1. The van der Waals surface area contributed by atoms with Crippen LogP contribution in [-0.4, -0.2) is 47.7 Å². The van der Waals surface area contributed by atoms with E-state index in [2.05, 4.69) is 15.2 Å². The van der Waals surface area contributed by atoms with Crippen molar-refractivity contribution in [2.45, 2.75) is 45.8 Å². The molecule has 0 radical (unpaired) electrons. The van der Waals surface area contributed by atoms with Gasteiger partial charge in [0, 0.05) is 12.1 Å². The van der Waals surface area contributed by atoms with E-state index in [-0.39, 0.29) is 21.3 Å². The number of anilines is 1. The summed E-state index contributed by atoms with van der Waals surface area (Å²) in [5.74, 6) is -1.17. The smallest absolute Gasteiger partial charge is 0.412 e. The number of carbonyl (C=O) groups is 2. The molecule has 9 heteroatoms. The van der Waals surface area contributed by atoms with Gasteiger partial charge in [-0.25, -0.2) is 19.0 Å². The number of aromatic nitrogens is 1. The zero-order valence-corrected chi connectivity index (χ0v) is 18.4. The fourth-order valence-electron chi connectivity index (χ4n) is 3.19. The third-order valence-corrected chi connectivity index (χ3v) is 5.49. The molecule has 0 saturated carbocycles. The van der Waals surface area contributed by atoms with E-state index in [4.69, 9.17) is 9.47 Å². The molecule has 3 rings (SSSR count). The van der Waals surface area contributed by atoms with Gasteiger partial charge in [-0.3, -0.25) is 10.2 Å². The highest BCUT2D eigenvalue weighted by Gasteiger charge is 2.25. The second kappa shape index (κ2) is 9.09. The lowest BCUT2D eigenvalue weighted by atomic mass is 10.1. The average Bonchev–Trinajstić information content (AvgIpc) is 3.31. The quantitative estimate of drug-likeness (QED) is 0.687. The molecular weight excluding hydrogens is 409 g/mol. The highest BCUT2D eigenvalue weighted by Crippen LogP contribution is 2.35. The number of rotatable bonds is 5. The lowest BCUT2D eigenvalue weighted by Gasteiger charge is -2.19. The molecule has 1 saturated heterocycles. The molecule has 1 aliphatic rings. The van der Waals surface area contributed by atoms with Crippen LogP contribution in [0.4, 0.5) is 14.2 Å². The second-order valence-corrected chi connectivity index (χ2v) is 9.11. The molecule has 0 atom stereocenters. The average molecular weight is 436 g/mol. The molecule has 0 aliphatic carbocycles. The summed E-state index contributed by atoms with van der Waals surface area (Å²) in [6.45, 7) is 7.97. The minimum atomic E-state index is -0.730. The fourth-order valence-corrected chi connectivity index (χ4v) is 4.14. The predicted molar refractivity (Wildman–Crippen MR) is 113 cm³/mol. The topological polar surface area (TPSA) is 80.8 Å². The highest BCUT2D eigenvalue weighted by molar-refractivity contribution is 7.19. The number of methoxy groups -OCH3 is 1. The Kier molecular flexibility index (Phi) is 6.72. The van der Waals surface area contributed by atoms with E-state index in [1.54, 1.807) is 32.9 Å². The van der Waals surface area contributed by atoms with Gasteiger partial charge in [0.05, 0.1) is 7.11 Å². The third-order valence-electron chi connectivity index (χ3n) is 4.49. The molecule has 2 aromatic rings. The molecule has 1 fully saturated rings. The number of benzene rings is 1. The van der Waals surface area contributed by atoms with E-state index in [0.29, 0.717) is 0 Å². The van der Waals surface area contributed by atoms with Crippen LogP contribution in [0.1, 0.15) is 49.7 Å². The summed E-state index contributed by atoms with van der Waals surface area (Å²) >= 11 is 0.999. The van der Waals surface area contributed by atoms with Crippen molar-refractivity contribution in [2.24, 2.45) is 0 Å². The molecular formula is C21H26FN3O4S. The lowest BCUT2D eigenvalue weighted by molar-refractivity contribution is 0.0596. The van der Waals surface area contributed by atoms with Gasteiger partial charge in [-0.2, -0.15) is 0 Å². The maximum absolute atomic E-state index is 14.6. The van der Waals surface area contributed by atoms with Crippen molar-refractivity contribution < 1.29 is 23.5 Å². The van der Waals surface area contributed by atoms with Gasteiger partial charge < -0.3 is 9.47 Å². The van der Waals surface area contributed by atoms with Crippen LogP contribution in [0.3, 0.4) is 0 Å². The zero-order chi connectivity index (χ0) is 21.9. The van der Waals surface area contributed by atoms with Crippen molar-refractivity contribution in [3.63, 3.8) is 0 Å². The molecule has 162 valence electrons. The van der Waals surface area contributed by atoms with Crippen molar-refractivity contribution in [1.82, 2.24) is 9.88 Å². The normalized spacial score (nSPS) is 14.6. The van der Waals surface area contributed by atoms with E-state index < -0.39 is 23.5 Å². The van der Waals surface area contributed by atoms with Gasteiger partial charge in [-0.05, 0) is 64.4 Å². The molecule has 1 aromatic carbocycles. The number of halogens is 1. The Labute approximate surface area is 179 Å². The van der Waals surface area contributed by atoms with Crippen LogP contribution < -0.4 is 5.32 Å². The number of esters is 1. The maximum atomic E-state index is 14.6. The monoisotopic (exact) mass is 435 g/mol. The van der Waals surface area contributed by atoms with Gasteiger partial charge in [-0.15, -0.1) is 0 Å². The zero-order valence-electron chi connectivity index (χ0n) is 17.6. The van der Waals surface area contributed by atoms with E-state index in [1.165, 1.54) is 26.0 Å². The highest BCUT2D eigenvalue weighted by atomic mass is 32.1. The van der Waals surface area contributed by atoms with Crippen LogP contribution in [0.5, 0.6) is 0 Å². The first-order valence-corrected chi connectivity index (χ1v) is 10.6. The maximum Gasteiger partial charge on any atom is 0.412 e. The molecule has 0 bridgehead atoms. The predicted octanol–water partition coefficient (Wildman–Crippen LogP) is 4.68. The van der Waals surface area contributed by atoms with Crippen molar-refractivity contribution in [3.05, 3.63) is 35.3 Å². The molecule has 1 aromatic heterocycles. The van der Waals surface area contributed by atoms with Gasteiger partial charge in [-0.1, -0.05) is 17.4 Å². The van der Waals surface area contributed by atoms with Gasteiger partial charge in [0.1, 0.15) is 21.4 Å². The minimum Gasteiger partial charge on any atom is -0.464 e. The summed E-state index contributed by atoms with van der Waals surface area (Å²) in [7, 11) is 1.22. The van der Waals surface area contributed by atoms with Gasteiger partial charge in [0.2, 0.25) is 0 Å². The Morgan fingerprint density at radius 2 is 1.97 bits per heavy atom. The Bertz CT molecular complexity index is 933. The second-order valence-electron chi connectivity index (χ2n) is 8.11. The van der Waals surface area contributed by atoms with Crippen LogP contribution >= 0.6 is 11.3 Å². The van der Waals surface area contributed by atoms with Crippen LogP contribution in [0.25, 0.3) is 10.6 Å². The number of ether oxygens (including phenoxy) is 2. The first-order valence-electron chi connectivity index (χ1n) is 9.76. The van der Waals surface area contributed by atoms with Crippen LogP contribution in [0, 0.1) is 5.82 Å². The van der Waals surface area contributed by atoms with Gasteiger partial charge in [0.15, 0.2) is 5.69 Å². The SMILES string of the molecule is COC(=O)c1nc(-c2cc(CN3CCCC3)ccc2F)sc1NC(=O)OC(C)(C)C. The van der Waals surface area contributed by atoms with Crippen molar-refractivity contribution in [2.75, 3.05) is 25.5 Å². The fraction of sp³-hybridized carbons (Fsp3) is 0.476. The Hall–Kier alpha value is -2.52. The van der Waals surface area contributed by atoms with Crippen LogP contribution in [0.15, 0.2) is 18.2 Å². The summed E-state index contributed by atoms with van der Waals surface area (Å²) in [6, 6.07) is 4.90. The summed E-state index contributed by atoms with van der Waals surface area (Å²) in [4.78, 5) is 30.9. The minimum absolute atomic E-state index is 0.0901. The number of nitrogens with one attached hydrogen (secondary N) is 1. The molecule has 1 aliphatic heterocycles. The van der Waals surface area contributed by atoms with Crippen LogP contribution in [0.2, 0.25) is 0 Å².